The molecule has 1 atom stereocenters. The standard InChI is InChI=1S/C22H22N4O2S/c1-3-15(2)23-20(27)14-29-22-25-24-21(26(22)17-10-5-4-6-11-17)19-13-16-9-7-8-12-18(16)28-19/h4-13,15H,3,14H2,1-2H3,(H,23,27)/t15-/m1/s1. The quantitative estimate of drug-likeness (QED) is 0.451. The minimum Gasteiger partial charge on any atom is -0.453 e. The van der Waals surface area contributed by atoms with Crippen LogP contribution in [0.15, 0.2) is 70.2 Å². The Hall–Kier alpha value is -3.06. The molecule has 29 heavy (non-hydrogen) atoms. The molecule has 0 saturated heterocycles. The number of carbonyl (C=O) groups excluding carboxylic acids is 1. The van der Waals surface area contributed by atoms with Gasteiger partial charge < -0.3 is 9.73 Å². The lowest BCUT2D eigenvalue weighted by molar-refractivity contribution is -0.119. The van der Waals surface area contributed by atoms with E-state index >= 15 is 0 Å². The normalized spacial score (nSPS) is 12.2. The predicted molar refractivity (Wildman–Crippen MR) is 115 cm³/mol. The summed E-state index contributed by atoms with van der Waals surface area (Å²) in [5, 5.41) is 13.4. The van der Waals surface area contributed by atoms with E-state index in [2.05, 4.69) is 15.5 Å². The van der Waals surface area contributed by atoms with E-state index in [4.69, 9.17) is 4.42 Å². The summed E-state index contributed by atoms with van der Waals surface area (Å²) in [6, 6.07) is 19.8. The topological polar surface area (TPSA) is 73.0 Å². The Labute approximate surface area is 173 Å². The summed E-state index contributed by atoms with van der Waals surface area (Å²) in [6.45, 7) is 4.04. The van der Waals surface area contributed by atoms with Gasteiger partial charge in [0.2, 0.25) is 11.7 Å². The van der Waals surface area contributed by atoms with Crippen LogP contribution in [0.5, 0.6) is 0 Å². The van der Waals surface area contributed by atoms with Gasteiger partial charge in [0.05, 0.1) is 5.75 Å². The first-order chi connectivity index (χ1) is 14.2. The summed E-state index contributed by atoms with van der Waals surface area (Å²) >= 11 is 1.36. The Bertz CT molecular complexity index is 1090. The minimum absolute atomic E-state index is 0.0164. The van der Waals surface area contributed by atoms with Crippen molar-refractivity contribution in [3.63, 3.8) is 0 Å². The van der Waals surface area contributed by atoms with Gasteiger partial charge in [0.15, 0.2) is 10.9 Å². The van der Waals surface area contributed by atoms with Crippen LogP contribution in [0.2, 0.25) is 0 Å². The maximum atomic E-state index is 12.2. The van der Waals surface area contributed by atoms with Crippen molar-refractivity contribution < 1.29 is 9.21 Å². The monoisotopic (exact) mass is 406 g/mol. The SMILES string of the molecule is CC[C@@H](C)NC(=O)CSc1nnc(-c2cc3ccccc3o2)n1-c1ccccc1. The average Bonchev–Trinajstić information content (AvgIpc) is 3.36. The van der Waals surface area contributed by atoms with Gasteiger partial charge in [-0.05, 0) is 37.6 Å². The molecule has 1 N–H and O–H groups in total. The second-order valence-electron chi connectivity index (χ2n) is 6.79. The molecule has 0 aliphatic rings. The number of nitrogens with one attached hydrogen (secondary N) is 1. The van der Waals surface area contributed by atoms with Crippen LogP contribution in [0.3, 0.4) is 0 Å². The first-order valence-electron chi connectivity index (χ1n) is 9.57. The highest BCUT2D eigenvalue weighted by Crippen LogP contribution is 2.31. The van der Waals surface area contributed by atoms with Gasteiger partial charge in [-0.1, -0.05) is 55.1 Å². The first kappa shape index (κ1) is 19.3. The Morgan fingerprint density at radius 2 is 1.90 bits per heavy atom. The van der Waals surface area contributed by atoms with Gasteiger partial charge in [0.1, 0.15) is 5.58 Å². The Morgan fingerprint density at radius 1 is 1.14 bits per heavy atom. The lowest BCUT2D eigenvalue weighted by Gasteiger charge is -2.11. The number of benzene rings is 2. The first-order valence-corrected chi connectivity index (χ1v) is 10.6. The molecule has 4 aromatic rings. The summed E-state index contributed by atoms with van der Waals surface area (Å²) in [4.78, 5) is 12.2. The molecule has 0 saturated carbocycles. The number of hydrogen-bond acceptors (Lipinski definition) is 5. The molecular formula is C22H22N4O2S. The van der Waals surface area contributed by atoms with E-state index in [1.165, 1.54) is 11.8 Å². The van der Waals surface area contributed by atoms with Gasteiger partial charge in [-0.25, -0.2) is 0 Å². The Morgan fingerprint density at radius 3 is 2.66 bits per heavy atom. The fraction of sp³-hybridized carbons (Fsp3) is 0.227. The van der Waals surface area contributed by atoms with E-state index in [0.717, 1.165) is 23.1 Å². The largest absolute Gasteiger partial charge is 0.453 e. The molecule has 2 aromatic heterocycles. The lowest BCUT2D eigenvalue weighted by atomic mass is 10.2. The van der Waals surface area contributed by atoms with E-state index in [-0.39, 0.29) is 17.7 Å². The molecule has 7 heteroatoms. The zero-order valence-corrected chi connectivity index (χ0v) is 17.1. The van der Waals surface area contributed by atoms with E-state index in [1.807, 2.05) is 79.1 Å². The van der Waals surface area contributed by atoms with Crippen molar-refractivity contribution in [2.45, 2.75) is 31.5 Å². The molecule has 4 rings (SSSR count). The third-order valence-electron chi connectivity index (χ3n) is 4.65. The number of nitrogens with zero attached hydrogens (tertiary/aromatic N) is 3. The molecule has 0 aliphatic carbocycles. The van der Waals surface area contributed by atoms with Crippen molar-refractivity contribution in [1.82, 2.24) is 20.1 Å². The van der Waals surface area contributed by atoms with Crippen LogP contribution in [0, 0.1) is 0 Å². The van der Waals surface area contributed by atoms with Crippen LogP contribution in [-0.2, 0) is 4.79 Å². The predicted octanol–water partition coefficient (Wildman–Crippen LogP) is 4.69. The maximum Gasteiger partial charge on any atom is 0.230 e. The summed E-state index contributed by atoms with van der Waals surface area (Å²) in [7, 11) is 0. The van der Waals surface area contributed by atoms with Gasteiger partial charge in [-0.3, -0.25) is 9.36 Å². The summed E-state index contributed by atoms with van der Waals surface area (Å²) in [5.74, 6) is 1.50. The second kappa shape index (κ2) is 8.53. The van der Waals surface area contributed by atoms with Gasteiger partial charge in [0.25, 0.3) is 0 Å². The number of fused-ring (bicyclic) bond motifs is 1. The highest BCUT2D eigenvalue weighted by Gasteiger charge is 2.20. The Balaban J connectivity index is 1.68. The zero-order chi connectivity index (χ0) is 20.2. The minimum atomic E-state index is -0.0164. The number of rotatable bonds is 7. The van der Waals surface area contributed by atoms with Gasteiger partial charge in [0, 0.05) is 17.1 Å². The zero-order valence-electron chi connectivity index (χ0n) is 16.3. The number of amides is 1. The number of aromatic nitrogens is 3. The van der Waals surface area contributed by atoms with Crippen LogP contribution in [0.4, 0.5) is 0 Å². The molecule has 0 fully saturated rings. The van der Waals surface area contributed by atoms with E-state index < -0.39 is 0 Å². The van der Waals surface area contributed by atoms with Crippen molar-refractivity contribution >= 4 is 28.6 Å². The fourth-order valence-corrected chi connectivity index (χ4v) is 3.74. The molecule has 0 unspecified atom stereocenters. The number of carbonyl (C=O) groups is 1. The molecule has 0 radical (unpaired) electrons. The molecule has 0 aliphatic heterocycles. The second-order valence-corrected chi connectivity index (χ2v) is 7.73. The van der Waals surface area contributed by atoms with Crippen molar-refractivity contribution in [2.75, 3.05) is 5.75 Å². The molecule has 0 spiro atoms. The third kappa shape index (κ3) is 4.19. The van der Waals surface area contributed by atoms with E-state index in [0.29, 0.717) is 16.7 Å². The summed E-state index contributed by atoms with van der Waals surface area (Å²) in [5.41, 5.74) is 1.71. The maximum absolute atomic E-state index is 12.2. The lowest BCUT2D eigenvalue weighted by Crippen LogP contribution is -2.33. The molecule has 2 heterocycles. The highest BCUT2D eigenvalue weighted by molar-refractivity contribution is 7.99. The number of para-hydroxylation sites is 2. The van der Waals surface area contributed by atoms with Crippen molar-refractivity contribution in [3.8, 4) is 17.3 Å². The van der Waals surface area contributed by atoms with Crippen LogP contribution in [0.1, 0.15) is 20.3 Å². The average molecular weight is 407 g/mol. The van der Waals surface area contributed by atoms with Crippen LogP contribution in [0.25, 0.3) is 28.2 Å². The summed E-state index contributed by atoms with van der Waals surface area (Å²) in [6.07, 6.45) is 0.896. The van der Waals surface area contributed by atoms with Crippen LogP contribution >= 0.6 is 11.8 Å². The molecule has 2 aromatic carbocycles. The van der Waals surface area contributed by atoms with Gasteiger partial charge in [-0.2, -0.15) is 0 Å². The molecular weight excluding hydrogens is 384 g/mol. The third-order valence-corrected chi connectivity index (χ3v) is 5.57. The molecule has 0 bridgehead atoms. The van der Waals surface area contributed by atoms with Gasteiger partial charge in [-0.15, -0.1) is 10.2 Å². The van der Waals surface area contributed by atoms with Crippen molar-refractivity contribution in [3.05, 3.63) is 60.7 Å². The Kier molecular flexibility index (Phi) is 5.67. The smallest absolute Gasteiger partial charge is 0.230 e. The molecule has 6 nitrogen and oxygen atoms in total. The number of thioether (sulfide) groups is 1. The van der Waals surface area contributed by atoms with Crippen LogP contribution < -0.4 is 5.32 Å². The van der Waals surface area contributed by atoms with Crippen LogP contribution in [-0.4, -0.2) is 32.5 Å². The van der Waals surface area contributed by atoms with Crippen molar-refractivity contribution in [2.24, 2.45) is 0 Å². The van der Waals surface area contributed by atoms with Crippen molar-refractivity contribution in [1.29, 1.82) is 0 Å². The van der Waals surface area contributed by atoms with E-state index in [1.54, 1.807) is 0 Å². The molecule has 148 valence electrons. The summed E-state index contributed by atoms with van der Waals surface area (Å²) < 4.78 is 7.94. The van der Waals surface area contributed by atoms with Gasteiger partial charge >= 0.3 is 0 Å². The number of hydrogen-bond donors (Lipinski definition) is 1. The number of furan rings is 1. The van der Waals surface area contributed by atoms with E-state index in [9.17, 15) is 4.79 Å². The fourth-order valence-electron chi connectivity index (χ4n) is 2.97. The highest BCUT2D eigenvalue weighted by atomic mass is 32.2. The molecule has 1 amide bonds.